The van der Waals surface area contributed by atoms with Crippen molar-refractivity contribution in [2.45, 2.75) is 30.9 Å². The van der Waals surface area contributed by atoms with Crippen molar-refractivity contribution < 1.29 is 4.21 Å². The minimum atomic E-state index is 0.179. The van der Waals surface area contributed by atoms with Crippen LogP contribution in [0.25, 0.3) is 0 Å². The molecule has 1 saturated carbocycles. The molecular weight excluding hydrogens is 192 g/mol. The predicted octanol–water partition coefficient (Wildman–Crippen LogP) is 3.35. The Hall–Kier alpha value is -0.760. The summed E-state index contributed by atoms with van der Waals surface area (Å²) in [6.07, 6.45) is 5.06. The van der Waals surface area contributed by atoms with Gasteiger partial charge in [0.1, 0.15) is 0 Å². The molecular formula is C12H15OS+. The molecule has 0 bridgehead atoms. The molecule has 1 fully saturated rings. The first-order chi connectivity index (χ1) is 6.92. The largest absolute Gasteiger partial charge is 0.467 e. The van der Waals surface area contributed by atoms with E-state index in [0.29, 0.717) is 5.92 Å². The van der Waals surface area contributed by atoms with Gasteiger partial charge in [0.05, 0.1) is 0 Å². The van der Waals surface area contributed by atoms with Gasteiger partial charge >= 0.3 is 11.7 Å². The second kappa shape index (κ2) is 4.65. The number of hydrogen-bond donors (Lipinski definition) is 0. The van der Waals surface area contributed by atoms with Crippen LogP contribution in [0.5, 0.6) is 0 Å². The average Bonchev–Trinajstić information content (AvgIpc) is 2.74. The first-order valence-corrected chi connectivity index (χ1v) is 6.06. The molecule has 14 heavy (non-hydrogen) atoms. The molecule has 0 heterocycles. The fourth-order valence-electron chi connectivity index (χ4n) is 2.31. The van der Waals surface area contributed by atoms with Gasteiger partial charge < -0.3 is 0 Å². The van der Waals surface area contributed by atoms with Crippen LogP contribution in [0.1, 0.15) is 36.5 Å². The summed E-state index contributed by atoms with van der Waals surface area (Å²) < 4.78 is 11.1. The highest BCUT2D eigenvalue weighted by atomic mass is 32.1. The molecule has 1 aromatic carbocycles. The molecule has 74 valence electrons. The van der Waals surface area contributed by atoms with E-state index in [1.807, 2.05) is 18.2 Å². The Morgan fingerprint density at radius 3 is 2.36 bits per heavy atom. The Labute approximate surface area is 89.0 Å². The van der Waals surface area contributed by atoms with E-state index in [1.54, 1.807) is 0 Å². The van der Waals surface area contributed by atoms with Gasteiger partial charge in [0, 0.05) is 15.7 Å². The monoisotopic (exact) mass is 207 g/mol. The van der Waals surface area contributed by atoms with Crippen molar-refractivity contribution in [3.05, 3.63) is 35.9 Å². The molecule has 2 rings (SSSR count). The standard InChI is InChI=1S/C12H15OS/c13-14-12(11-8-4-5-9-11)10-6-2-1-3-7-10/h1-3,6-7,11-12H,4-5,8-9H2/q+1. The summed E-state index contributed by atoms with van der Waals surface area (Å²) in [5.74, 6) is 0.611. The first-order valence-electron chi connectivity index (χ1n) is 5.25. The Morgan fingerprint density at radius 1 is 1.14 bits per heavy atom. The van der Waals surface area contributed by atoms with Gasteiger partial charge in [-0.05, 0) is 12.8 Å². The third kappa shape index (κ3) is 2.01. The van der Waals surface area contributed by atoms with E-state index in [4.69, 9.17) is 0 Å². The Morgan fingerprint density at radius 2 is 1.79 bits per heavy atom. The van der Waals surface area contributed by atoms with Crippen LogP contribution in [0.2, 0.25) is 0 Å². The van der Waals surface area contributed by atoms with Crippen molar-refractivity contribution >= 4 is 11.7 Å². The molecule has 0 spiro atoms. The minimum absolute atomic E-state index is 0.179. The molecule has 0 saturated heterocycles. The quantitative estimate of drug-likeness (QED) is 0.695. The third-order valence-corrected chi connectivity index (χ3v) is 3.92. The van der Waals surface area contributed by atoms with E-state index >= 15 is 0 Å². The lowest BCUT2D eigenvalue weighted by Crippen LogP contribution is -2.08. The SMILES string of the molecule is O=[S+]C(c1ccccc1)C1CCCC1. The van der Waals surface area contributed by atoms with Gasteiger partial charge in [0.25, 0.3) is 5.25 Å². The highest BCUT2D eigenvalue weighted by Crippen LogP contribution is 2.36. The van der Waals surface area contributed by atoms with Crippen molar-refractivity contribution in [2.24, 2.45) is 5.92 Å². The maximum atomic E-state index is 11.1. The molecule has 0 N–H and O–H groups in total. The number of rotatable bonds is 3. The maximum absolute atomic E-state index is 11.1. The first kappa shape index (κ1) is 9.78. The van der Waals surface area contributed by atoms with Crippen LogP contribution in [0.4, 0.5) is 0 Å². The summed E-state index contributed by atoms with van der Waals surface area (Å²) in [5, 5.41) is 0.179. The lowest BCUT2D eigenvalue weighted by atomic mass is 9.97. The molecule has 1 aliphatic rings. The molecule has 1 aromatic rings. The van der Waals surface area contributed by atoms with Crippen LogP contribution in [-0.2, 0) is 15.9 Å². The maximum Gasteiger partial charge on any atom is 0.467 e. The van der Waals surface area contributed by atoms with Gasteiger partial charge in [-0.3, -0.25) is 0 Å². The lowest BCUT2D eigenvalue weighted by molar-refractivity contribution is 0.515. The number of hydrogen-bond acceptors (Lipinski definition) is 1. The average molecular weight is 207 g/mol. The Kier molecular flexibility index (Phi) is 3.25. The van der Waals surface area contributed by atoms with Crippen molar-refractivity contribution in [1.82, 2.24) is 0 Å². The van der Waals surface area contributed by atoms with Gasteiger partial charge in [0.2, 0.25) is 0 Å². The molecule has 1 aliphatic carbocycles. The summed E-state index contributed by atoms with van der Waals surface area (Å²) in [4.78, 5) is 0. The van der Waals surface area contributed by atoms with E-state index in [2.05, 4.69) is 12.1 Å². The summed E-state index contributed by atoms with van der Waals surface area (Å²) in [6, 6.07) is 10.2. The second-order valence-electron chi connectivity index (χ2n) is 3.97. The molecule has 0 radical (unpaired) electrons. The molecule has 2 heteroatoms. The normalized spacial score (nSPS) is 19.4. The van der Waals surface area contributed by atoms with Crippen LogP contribution < -0.4 is 0 Å². The lowest BCUT2D eigenvalue weighted by Gasteiger charge is -2.07. The molecule has 0 aliphatic heterocycles. The van der Waals surface area contributed by atoms with E-state index in [-0.39, 0.29) is 5.25 Å². The van der Waals surface area contributed by atoms with Crippen LogP contribution >= 0.6 is 0 Å². The van der Waals surface area contributed by atoms with Gasteiger partial charge in [-0.15, -0.1) is 0 Å². The van der Waals surface area contributed by atoms with E-state index in [9.17, 15) is 4.21 Å². The Bertz CT molecular complexity index is 290. The fraction of sp³-hybridized carbons (Fsp3) is 0.500. The minimum Gasteiger partial charge on any atom is -0.0622 e. The van der Waals surface area contributed by atoms with Gasteiger partial charge in [-0.2, -0.15) is 0 Å². The van der Waals surface area contributed by atoms with Crippen molar-refractivity contribution in [3.8, 4) is 0 Å². The van der Waals surface area contributed by atoms with Gasteiger partial charge in [-0.25, -0.2) is 0 Å². The van der Waals surface area contributed by atoms with E-state index in [0.717, 1.165) is 11.7 Å². The smallest absolute Gasteiger partial charge is 0.0622 e. The summed E-state index contributed by atoms with van der Waals surface area (Å²) in [7, 11) is 0. The number of benzene rings is 1. The Balaban J connectivity index is 2.16. The molecule has 1 atom stereocenters. The van der Waals surface area contributed by atoms with Gasteiger partial charge in [0.15, 0.2) is 0 Å². The van der Waals surface area contributed by atoms with Gasteiger partial charge in [-0.1, -0.05) is 43.2 Å². The van der Waals surface area contributed by atoms with E-state index < -0.39 is 0 Å². The predicted molar refractivity (Wildman–Crippen MR) is 59.2 cm³/mol. The van der Waals surface area contributed by atoms with Crippen molar-refractivity contribution in [1.29, 1.82) is 0 Å². The second-order valence-corrected chi connectivity index (χ2v) is 4.67. The molecule has 1 nitrogen and oxygen atoms in total. The molecule has 0 amide bonds. The highest BCUT2D eigenvalue weighted by molar-refractivity contribution is 7.65. The summed E-state index contributed by atoms with van der Waals surface area (Å²) >= 11 is 0.770. The van der Waals surface area contributed by atoms with E-state index in [1.165, 1.54) is 31.2 Å². The zero-order chi connectivity index (χ0) is 9.80. The van der Waals surface area contributed by atoms with Crippen molar-refractivity contribution in [3.63, 3.8) is 0 Å². The molecule has 0 aromatic heterocycles. The van der Waals surface area contributed by atoms with Crippen LogP contribution in [0.15, 0.2) is 30.3 Å². The van der Waals surface area contributed by atoms with Crippen molar-refractivity contribution in [2.75, 3.05) is 0 Å². The third-order valence-electron chi connectivity index (χ3n) is 3.06. The highest BCUT2D eigenvalue weighted by Gasteiger charge is 2.35. The van der Waals surface area contributed by atoms with Crippen LogP contribution in [0, 0.1) is 5.92 Å². The topological polar surface area (TPSA) is 17.1 Å². The summed E-state index contributed by atoms with van der Waals surface area (Å²) in [5.41, 5.74) is 1.21. The fourth-order valence-corrected chi connectivity index (χ4v) is 3.01. The molecule has 1 unspecified atom stereocenters. The van der Waals surface area contributed by atoms with Crippen LogP contribution in [-0.4, -0.2) is 0 Å². The summed E-state index contributed by atoms with van der Waals surface area (Å²) in [6.45, 7) is 0. The zero-order valence-corrected chi connectivity index (χ0v) is 9.00. The van der Waals surface area contributed by atoms with Crippen LogP contribution in [0.3, 0.4) is 0 Å². The zero-order valence-electron chi connectivity index (χ0n) is 8.19.